The minimum atomic E-state index is -0.257. The van der Waals surface area contributed by atoms with Gasteiger partial charge in [-0.3, -0.25) is 9.48 Å². The van der Waals surface area contributed by atoms with Gasteiger partial charge >= 0.3 is 0 Å². The lowest BCUT2D eigenvalue weighted by atomic mass is 10.2. The van der Waals surface area contributed by atoms with Crippen LogP contribution in [-0.4, -0.2) is 20.8 Å². The van der Waals surface area contributed by atoms with Gasteiger partial charge in [0.2, 0.25) is 0 Å². The first-order valence-corrected chi connectivity index (χ1v) is 6.97. The SMILES string of the molecule is Cc1cc(C(=O)NCc2cnn(Cc3ccccc3)c2)no1. The van der Waals surface area contributed by atoms with Gasteiger partial charge in [-0.15, -0.1) is 0 Å². The molecule has 0 atom stereocenters. The van der Waals surface area contributed by atoms with Gasteiger partial charge in [0.15, 0.2) is 5.69 Å². The van der Waals surface area contributed by atoms with Gasteiger partial charge in [0.05, 0.1) is 12.7 Å². The number of carbonyl (C=O) groups is 1. The third kappa shape index (κ3) is 3.41. The maximum atomic E-state index is 11.9. The molecule has 0 fully saturated rings. The number of aryl methyl sites for hydroxylation is 1. The number of aromatic nitrogens is 3. The van der Waals surface area contributed by atoms with Gasteiger partial charge in [-0.2, -0.15) is 5.10 Å². The molecule has 0 bridgehead atoms. The summed E-state index contributed by atoms with van der Waals surface area (Å²) < 4.78 is 6.73. The lowest BCUT2D eigenvalue weighted by Crippen LogP contribution is -2.22. The van der Waals surface area contributed by atoms with Gasteiger partial charge in [0, 0.05) is 24.4 Å². The molecular weight excluding hydrogens is 280 g/mol. The molecule has 1 aromatic carbocycles. The fourth-order valence-corrected chi connectivity index (χ4v) is 2.10. The average molecular weight is 296 g/mol. The predicted molar refractivity (Wildman–Crippen MR) is 80.2 cm³/mol. The minimum absolute atomic E-state index is 0.257. The number of rotatable bonds is 5. The fraction of sp³-hybridized carbons (Fsp3) is 0.188. The van der Waals surface area contributed by atoms with Crippen LogP contribution in [0.2, 0.25) is 0 Å². The third-order valence-electron chi connectivity index (χ3n) is 3.19. The first-order chi connectivity index (χ1) is 10.7. The Morgan fingerprint density at radius 2 is 2.09 bits per heavy atom. The average Bonchev–Trinajstić information content (AvgIpc) is 3.15. The maximum absolute atomic E-state index is 11.9. The maximum Gasteiger partial charge on any atom is 0.273 e. The van der Waals surface area contributed by atoms with E-state index in [1.54, 1.807) is 19.2 Å². The predicted octanol–water partition coefficient (Wildman–Crippen LogP) is 2.16. The molecule has 1 amide bonds. The van der Waals surface area contributed by atoms with E-state index < -0.39 is 0 Å². The lowest BCUT2D eigenvalue weighted by Gasteiger charge is -2.01. The molecule has 0 aliphatic carbocycles. The van der Waals surface area contributed by atoms with Crippen molar-refractivity contribution in [1.29, 1.82) is 0 Å². The van der Waals surface area contributed by atoms with Crippen LogP contribution in [-0.2, 0) is 13.1 Å². The summed E-state index contributed by atoms with van der Waals surface area (Å²) in [6.07, 6.45) is 3.67. The molecule has 0 unspecified atom stereocenters. The van der Waals surface area contributed by atoms with E-state index >= 15 is 0 Å². The van der Waals surface area contributed by atoms with Crippen LogP contribution in [0.4, 0.5) is 0 Å². The highest BCUT2D eigenvalue weighted by atomic mass is 16.5. The van der Waals surface area contributed by atoms with Crippen molar-refractivity contribution in [2.45, 2.75) is 20.0 Å². The second-order valence-electron chi connectivity index (χ2n) is 5.04. The van der Waals surface area contributed by atoms with Crippen molar-refractivity contribution in [3.05, 3.63) is 71.4 Å². The number of hydrogen-bond donors (Lipinski definition) is 1. The summed E-state index contributed by atoms with van der Waals surface area (Å²) in [5.74, 6) is 0.355. The Hall–Kier alpha value is -2.89. The molecule has 112 valence electrons. The normalized spacial score (nSPS) is 10.6. The Kier molecular flexibility index (Phi) is 4.00. The zero-order chi connectivity index (χ0) is 15.4. The van der Waals surface area contributed by atoms with Crippen molar-refractivity contribution < 1.29 is 9.32 Å². The summed E-state index contributed by atoms with van der Waals surface area (Å²) in [6, 6.07) is 11.7. The van der Waals surface area contributed by atoms with Crippen molar-refractivity contribution in [3.8, 4) is 0 Å². The summed E-state index contributed by atoms with van der Waals surface area (Å²) in [6.45, 7) is 2.86. The van der Waals surface area contributed by atoms with Crippen molar-refractivity contribution in [1.82, 2.24) is 20.3 Å². The van der Waals surface area contributed by atoms with Crippen molar-refractivity contribution >= 4 is 5.91 Å². The number of benzene rings is 1. The highest BCUT2D eigenvalue weighted by molar-refractivity contribution is 5.92. The first kappa shape index (κ1) is 14.1. The van der Waals surface area contributed by atoms with E-state index in [-0.39, 0.29) is 11.6 Å². The molecule has 0 aliphatic rings. The highest BCUT2D eigenvalue weighted by Crippen LogP contribution is 2.05. The van der Waals surface area contributed by atoms with Gasteiger partial charge in [-0.05, 0) is 12.5 Å². The molecule has 0 radical (unpaired) electrons. The molecule has 0 saturated carbocycles. The number of nitrogens with one attached hydrogen (secondary N) is 1. The minimum Gasteiger partial charge on any atom is -0.361 e. The summed E-state index contributed by atoms with van der Waals surface area (Å²) in [5.41, 5.74) is 2.40. The third-order valence-corrected chi connectivity index (χ3v) is 3.19. The smallest absolute Gasteiger partial charge is 0.273 e. The van der Waals surface area contributed by atoms with Crippen LogP contribution in [0.5, 0.6) is 0 Å². The fourth-order valence-electron chi connectivity index (χ4n) is 2.10. The van der Waals surface area contributed by atoms with E-state index in [9.17, 15) is 4.79 Å². The van der Waals surface area contributed by atoms with E-state index in [0.717, 1.165) is 5.56 Å². The van der Waals surface area contributed by atoms with Crippen molar-refractivity contribution in [2.75, 3.05) is 0 Å². The number of hydrogen-bond acceptors (Lipinski definition) is 4. The topological polar surface area (TPSA) is 73.0 Å². The number of carbonyl (C=O) groups excluding carboxylic acids is 1. The first-order valence-electron chi connectivity index (χ1n) is 6.97. The van der Waals surface area contributed by atoms with Crippen LogP contribution >= 0.6 is 0 Å². The Labute approximate surface area is 127 Å². The Morgan fingerprint density at radius 1 is 1.27 bits per heavy atom. The molecule has 22 heavy (non-hydrogen) atoms. The molecule has 3 rings (SSSR count). The largest absolute Gasteiger partial charge is 0.361 e. The summed E-state index contributed by atoms with van der Waals surface area (Å²) >= 11 is 0. The van der Waals surface area contributed by atoms with E-state index in [2.05, 4.69) is 27.7 Å². The zero-order valence-electron chi connectivity index (χ0n) is 12.2. The second-order valence-corrected chi connectivity index (χ2v) is 5.04. The quantitative estimate of drug-likeness (QED) is 0.783. The van der Waals surface area contributed by atoms with Gasteiger partial charge < -0.3 is 9.84 Å². The monoisotopic (exact) mass is 296 g/mol. The van der Waals surface area contributed by atoms with Gasteiger partial charge in [-0.25, -0.2) is 0 Å². The Morgan fingerprint density at radius 3 is 2.82 bits per heavy atom. The molecule has 6 nitrogen and oxygen atoms in total. The van der Waals surface area contributed by atoms with Gasteiger partial charge in [-0.1, -0.05) is 35.5 Å². The molecule has 0 spiro atoms. The number of nitrogens with zero attached hydrogens (tertiary/aromatic N) is 3. The molecule has 2 heterocycles. The van der Waals surface area contributed by atoms with Crippen LogP contribution in [0.25, 0.3) is 0 Å². The summed E-state index contributed by atoms with van der Waals surface area (Å²) in [7, 11) is 0. The summed E-state index contributed by atoms with van der Waals surface area (Å²) in [5, 5.41) is 10.8. The second kappa shape index (κ2) is 6.26. The number of amides is 1. The van der Waals surface area contributed by atoms with Crippen LogP contribution in [0, 0.1) is 6.92 Å². The van der Waals surface area contributed by atoms with E-state index in [0.29, 0.717) is 18.8 Å². The van der Waals surface area contributed by atoms with E-state index in [1.165, 1.54) is 5.56 Å². The molecule has 6 heteroatoms. The van der Waals surface area contributed by atoms with Crippen LogP contribution in [0.15, 0.2) is 53.3 Å². The zero-order valence-corrected chi connectivity index (χ0v) is 12.2. The lowest BCUT2D eigenvalue weighted by molar-refractivity contribution is 0.0942. The van der Waals surface area contributed by atoms with Gasteiger partial charge in [0.1, 0.15) is 5.76 Å². The Balaban J connectivity index is 1.57. The molecule has 2 aromatic heterocycles. The summed E-state index contributed by atoms with van der Waals surface area (Å²) in [4.78, 5) is 11.9. The van der Waals surface area contributed by atoms with Crippen molar-refractivity contribution in [2.24, 2.45) is 0 Å². The Bertz CT molecular complexity index is 761. The standard InChI is InChI=1S/C16H16N4O2/c1-12-7-15(19-22-12)16(21)17-8-14-9-18-20(11-14)10-13-5-3-2-4-6-13/h2-7,9,11H,8,10H2,1H3,(H,17,21). The molecule has 0 aliphatic heterocycles. The molecule has 0 saturated heterocycles. The molecular formula is C16H16N4O2. The van der Waals surface area contributed by atoms with E-state index in [1.807, 2.05) is 29.1 Å². The van der Waals surface area contributed by atoms with Crippen LogP contribution in [0.1, 0.15) is 27.4 Å². The van der Waals surface area contributed by atoms with Crippen molar-refractivity contribution in [3.63, 3.8) is 0 Å². The molecule has 3 aromatic rings. The van der Waals surface area contributed by atoms with Crippen LogP contribution in [0.3, 0.4) is 0 Å². The van der Waals surface area contributed by atoms with Gasteiger partial charge in [0.25, 0.3) is 5.91 Å². The molecule has 1 N–H and O–H groups in total. The van der Waals surface area contributed by atoms with Crippen LogP contribution < -0.4 is 5.32 Å². The highest BCUT2D eigenvalue weighted by Gasteiger charge is 2.10. The van der Waals surface area contributed by atoms with E-state index in [4.69, 9.17) is 4.52 Å².